The van der Waals surface area contributed by atoms with E-state index in [0.717, 1.165) is 31.8 Å². The molecule has 0 atom stereocenters. The molecule has 0 radical (unpaired) electrons. The quantitative estimate of drug-likeness (QED) is 0.868. The third kappa shape index (κ3) is 3.68. The lowest BCUT2D eigenvalue weighted by atomic mass is 10.1. The minimum Gasteiger partial charge on any atom is -0.478 e. The lowest BCUT2D eigenvalue weighted by Gasteiger charge is -2.24. The summed E-state index contributed by atoms with van der Waals surface area (Å²) in [5.41, 5.74) is 0.471. The number of carboxylic acid groups (broad SMARTS) is 1. The van der Waals surface area contributed by atoms with Crippen LogP contribution in [0.5, 0.6) is 0 Å². The third-order valence-corrected chi connectivity index (χ3v) is 3.83. The number of nitrogens with zero attached hydrogens (tertiary/aromatic N) is 1. The zero-order valence-corrected chi connectivity index (χ0v) is 11.9. The standard InChI is InChI=1S/C16H18FNO3/c1-18(12-4-2-3-5-12)16(21)13-10-11(6-8-14(13)17)7-9-15(19)20/h6-10,12H,2-5H2,1H3,(H,19,20). The molecule has 0 bridgehead atoms. The van der Waals surface area contributed by atoms with E-state index in [0.29, 0.717) is 5.56 Å². The molecule has 0 unspecified atom stereocenters. The highest BCUT2D eigenvalue weighted by Crippen LogP contribution is 2.24. The van der Waals surface area contributed by atoms with Gasteiger partial charge in [-0.05, 0) is 36.6 Å². The van der Waals surface area contributed by atoms with Crippen molar-refractivity contribution in [3.63, 3.8) is 0 Å². The maximum atomic E-state index is 13.9. The Labute approximate surface area is 122 Å². The molecule has 0 aliphatic heterocycles. The molecule has 0 spiro atoms. The normalized spacial score (nSPS) is 15.5. The number of aliphatic carboxylic acids is 1. The summed E-state index contributed by atoms with van der Waals surface area (Å²) in [5.74, 6) is -2.03. The highest BCUT2D eigenvalue weighted by atomic mass is 19.1. The van der Waals surface area contributed by atoms with Crippen LogP contribution in [0.15, 0.2) is 24.3 Å². The van der Waals surface area contributed by atoms with Gasteiger partial charge in [-0.25, -0.2) is 9.18 Å². The van der Waals surface area contributed by atoms with E-state index in [-0.39, 0.29) is 17.5 Å². The van der Waals surface area contributed by atoms with Crippen molar-refractivity contribution < 1.29 is 19.1 Å². The molecule has 1 aliphatic rings. The Morgan fingerprint density at radius 1 is 1.33 bits per heavy atom. The summed E-state index contributed by atoms with van der Waals surface area (Å²) in [6.45, 7) is 0. The van der Waals surface area contributed by atoms with Crippen molar-refractivity contribution in [2.75, 3.05) is 7.05 Å². The molecule has 1 aromatic carbocycles. The average Bonchev–Trinajstić information content (AvgIpc) is 2.99. The minimum atomic E-state index is -1.09. The Hall–Kier alpha value is -2.17. The van der Waals surface area contributed by atoms with Gasteiger partial charge in [0.2, 0.25) is 0 Å². The Balaban J connectivity index is 2.23. The lowest BCUT2D eigenvalue weighted by molar-refractivity contribution is -0.131. The zero-order valence-electron chi connectivity index (χ0n) is 11.9. The molecule has 1 N–H and O–H groups in total. The van der Waals surface area contributed by atoms with E-state index in [9.17, 15) is 14.0 Å². The number of hydrogen-bond donors (Lipinski definition) is 1. The van der Waals surface area contributed by atoms with Gasteiger partial charge in [0.25, 0.3) is 5.91 Å². The van der Waals surface area contributed by atoms with Crippen molar-refractivity contribution in [2.24, 2.45) is 0 Å². The molecular formula is C16H18FNO3. The van der Waals surface area contributed by atoms with E-state index in [2.05, 4.69) is 0 Å². The van der Waals surface area contributed by atoms with Gasteiger partial charge in [-0.2, -0.15) is 0 Å². The predicted octanol–water partition coefficient (Wildman–Crippen LogP) is 2.94. The number of hydrogen-bond acceptors (Lipinski definition) is 2. The van der Waals surface area contributed by atoms with E-state index in [1.165, 1.54) is 24.3 Å². The molecule has 0 saturated heterocycles. The van der Waals surface area contributed by atoms with Crippen LogP contribution >= 0.6 is 0 Å². The molecule has 4 nitrogen and oxygen atoms in total. The second-order valence-corrected chi connectivity index (χ2v) is 5.27. The Bertz CT molecular complexity index is 577. The van der Waals surface area contributed by atoms with Crippen LogP contribution in [0, 0.1) is 5.82 Å². The molecule has 1 aromatic rings. The minimum absolute atomic E-state index is 0.0167. The summed E-state index contributed by atoms with van der Waals surface area (Å²) in [6.07, 6.45) is 6.37. The second-order valence-electron chi connectivity index (χ2n) is 5.27. The predicted molar refractivity (Wildman–Crippen MR) is 77.4 cm³/mol. The van der Waals surface area contributed by atoms with Crippen LogP contribution in [-0.4, -0.2) is 35.0 Å². The summed E-state index contributed by atoms with van der Waals surface area (Å²) >= 11 is 0. The Morgan fingerprint density at radius 2 is 2.00 bits per heavy atom. The number of halogens is 1. The van der Waals surface area contributed by atoms with Gasteiger partial charge in [-0.1, -0.05) is 18.9 Å². The molecule has 1 aliphatic carbocycles. The fourth-order valence-electron chi connectivity index (χ4n) is 2.63. The topological polar surface area (TPSA) is 57.6 Å². The first-order valence-electron chi connectivity index (χ1n) is 6.97. The fourth-order valence-corrected chi connectivity index (χ4v) is 2.63. The maximum absolute atomic E-state index is 13.9. The van der Waals surface area contributed by atoms with Crippen LogP contribution in [-0.2, 0) is 4.79 Å². The molecule has 1 fully saturated rings. The van der Waals surface area contributed by atoms with E-state index >= 15 is 0 Å². The van der Waals surface area contributed by atoms with Crippen LogP contribution in [0.2, 0.25) is 0 Å². The van der Waals surface area contributed by atoms with E-state index in [1.54, 1.807) is 11.9 Å². The smallest absolute Gasteiger partial charge is 0.328 e. The van der Waals surface area contributed by atoms with Crippen molar-refractivity contribution in [2.45, 2.75) is 31.7 Å². The summed E-state index contributed by atoms with van der Waals surface area (Å²) in [7, 11) is 1.69. The lowest BCUT2D eigenvalue weighted by Crippen LogP contribution is -2.35. The number of carboxylic acids is 1. The Kier molecular flexibility index (Phi) is 4.73. The molecule has 0 heterocycles. The van der Waals surface area contributed by atoms with Gasteiger partial charge in [0.1, 0.15) is 5.82 Å². The molecule has 2 rings (SSSR count). The number of rotatable bonds is 4. The van der Waals surface area contributed by atoms with Crippen molar-refractivity contribution in [1.29, 1.82) is 0 Å². The van der Waals surface area contributed by atoms with Gasteiger partial charge < -0.3 is 10.0 Å². The summed E-state index contributed by atoms with van der Waals surface area (Å²) in [4.78, 5) is 24.5. The first-order chi connectivity index (χ1) is 9.99. The highest BCUT2D eigenvalue weighted by Gasteiger charge is 2.25. The van der Waals surface area contributed by atoms with Gasteiger partial charge >= 0.3 is 5.97 Å². The number of carbonyl (C=O) groups is 2. The van der Waals surface area contributed by atoms with Gasteiger partial charge in [-0.3, -0.25) is 4.79 Å². The average molecular weight is 291 g/mol. The Morgan fingerprint density at radius 3 is 2.62 bits per heavy atom. The zero-order chi connectivity index (χ0) is 15.4. The molecule has 1 saturated carbocycles. The molecular weight excluding hydrogens is 273 g/mol. The molecule has 21 heavy (non-hydrogen) atoms. The molecule has 112 valence electrons. The van der Waals surface area contributed by atoms with Crippen molar-refractivity contribution in [3.8, 4) is 0 Å². The van der Waals surface area contributed by atoms with Gasteiger partial charge in [-0.15, -0.1) is 0 Å². The van der Waals surface area contributed by atoms with E-state index < -0.39 is 11.8 Å². The van der Waals surface area contributed by atoms with Gasteiger partial charge in [0.05, 0.1) is 5.56 Å². The van der Waals surface area contributed by atoms with Crippen LogP contribution in [0.3, 0.4) is 0 Å². The van der Waals surface area contributed by atoms with Gasteiger partial charge in [0, 0.05) is 19.2 Å². The SMILES string of the molecule is CN(C(=O)c1cc(C=CC(=O)O)ccc1F)C1CCCC1. The number of carbonyl (C=O) groups excluding carboxylic acids is 1. The van der Waals surface area contributed by atoms with Crippen LogP contribution in [0.1, 0.15) is 41.6 Å². The van der Waals surface area contributed by atoms with E-state index in [1.807, 2.05) is 0 Å². The van der Waals surface area contributed by atoms with Crippen LogP contribution in [0.25, 0.3) is 6.08 Å². The summed E-state index contributed by atoms with van der Waals surface area (Å²) < 4.78 is 13.9. The van der Waals surface area contributed by atoms with Crippen molar-refractivity contribution in [1.82, 2.24) is 4.90 Å². The fraction of sp³-hybridized carbons (Fsp3) is 0.375. The molecule has 0 aromatic heterocycles. The van der Waals surface area contributed by atoms with Crippen molar-refractivity contribution >= 4 is 18.0 Å². The highest BCUT2D eigenvalue weighted by molar-refractivity contribution is 5.95. The first kappa shape index (κ1) is 15.2. The second kappa shape index (κ2) is 6.52. The summed E-state index contributed by atoms with van der Waals surface area (Å²) in [5, 5.41) is 8.60. The van der Waals surface area contributed by atoms with E-state index in [4.69, 9.17) is 5.11 Å². The molecule has 5 heteroatoms. The number of amides is 1. The first-order valence-corrected chi connectivity index (χ1v) is 6.97. The van der Waals surface area contributed by atoms with Crippen LogP contribution < -0.4 is 0 Å². The monoisotopic (exact) mass is 291 g/mol. The largest absolute Gasteiger partial charge is 0.478 e. The maximum Gasteiger partial charge on any atom is 0.328 e. The van der Waals surface area contributed by atoms with Crippen molar-refractivity contribution in [3.05, 3.63) is 41.2 Å². The van der Waals surface area contributed by atoms with Gasteiger partial charge in [0.15, 0.2) is 0 Å². The van der Waals surface area contributed by atoms with Crippen LogP contribution in [0.4, 0.5) is 4.39 Å². The summed E-state index contributed by atoms with van der Waals surface area (Å²) in [6, 6.07) is 4.19. The number of benzene rings is 1. The molecule has 1 amide bonds. The third-order valence-electron chi connectivity index (χ3n) is 3.83.